The van der Waals surface area contributed by atoms with E-state index in [4.69, 9.17) is 4.74 Å². The quantitative estimate of drug-likeness (QED) is 0.462. The molecule has 0 amide bonds. The average molecular weight is 364 g/mol. The molecule has 2 aromatic rings. The molecule has 3 heteroatoms. The molecule has 19 heavy (non-hydrogen) atoms. The summed E-state index contributed by atoms with van der Waals surface area (Å²) in [6.45, 7) is 0. The summed E-state index contributed by atoms with van der Waals surface area (Å²) >= 11 is 2.20. The van der Waals surface area contributed by atoms with Crippen LogP contribution < -0.4 is 4.74 Å². The van der Waals surface area contributed by atoms with Gasteiger partial charge in [0.25, 0.3) is 0 Å². The number of methoxy groups -OCH3 is 1. The standard InChI is InChI=1S/C16H13IO2/c1-19-15-8-5-12(6-9-15)7-10-16(18)13-3-2-4-14(17)11-13/h2-11H,1H3/b10-7+. The molecular weight excluding hydrogens is 351 g/mol. The molecule has 0 spiro atoms. The number of allylic oxidation sites excluding steroid dienone is 1. The second-order valence-electron chi connectivity index (χ2n) is 3.98. The van der Waals surface area contributed by atoms with Crippen LogP contribution in [0.5, 0.6) is 5.75 Å². The normalized spacial score (nSPS) is 10.6. The molecule has 0 saturated heterocycles. The van der Waals surface area contributed by atoms with Gasteiger partial charge in [0.1, 0.15) is 5.75 Å². The van der Waals surface area contributed by atoms with Crippen LogP contribution in [0.3, 0.4) is 0 Å². The monoisotopic (exact) mass is 364 g/mol. The SMILES string of the molecule is COc1ccc(/C=C/C(=O)c2cccc(I)c2)cc1. The van der Waals surface area contributed by atoms with Crippen molar-refractivity contribution in [3.63, 3.8) is 0 Å². The van der Waals surface area contributed by atoms with E-state index < -0.39 is 0 Å². The zero-order valence-corrected chi connectivity index (χ0v) is 12.6. The van der Waals surface area contributed by atoms with Crippen LogP contribution in [-0.4, -0.2) is 12.9 Å². The number of benzene rings is 2. The van der Waals surface area contributed by atoms with Gasteiger partial charge in [0, 0.05) is 9.13 Å². The fourth-order valence-electron chi connectivity index (χ4n) is 1.62. The Morgan fingerprint density at radius 2 is 1.89 bits per heavy atom. The minimum Gasteiger partial charge on any atom is -0.497 e. The Balaban J connectivity index is 2.11. The predicted molar refractivity (Wildman–Crippen MR) is 85.5 cm³/mol. The maximum absolute atomic E-state index is 12.0. The zero-order chi connectivity index (χ0) is 13.7. The summed E-state index contributed by atoms with van der Waals surface area (Å²) in [5, 5.41) is 0. The zero-order valence-electron chi connectivity index (χ0n) is 10.5. The molecule has 0 bridgehead atoms. The topological polar surface area (TPSA) is 26.3 Å². The van der Waals surface area contributed by atoms with Gasteiger partial charge in [-0.2, -0.15) is 0 Å². The number of carbonyl (C=O) groups excluding carboxylic acids is 1. The first-order chi connectivity index (χ1) is 9.19. The Bertz CT molecular complexity index is 600. The fourth-order valence-corrected chi connectivity index (χ4v) is 2.17. The Morgan fingerprint density at radius 3 is 2.53 bits per heavy atom. The van der Waals surface area contributed by atoms with E-state index in [-0.39, 0.29) is 5.78 Å². The maximum Gasteiger partial charge on any atom is 0.185 e. The lowest BCUT2D eigenvalue weighted by Crippen LogP contribution is -1.94. The molecule has 96 valence electrons. The van der Waals surface area contributed by atoms with Crippen molar-refractivity contribution < 1.29 is 9.53 Å². The number of rotatable bonds is 4. The fraction of sp³-hybridized carbons (Fsp3) is 0.0625. The second kappa shape index (κ2) is 6.52. The highest BCUT2D eigenvalue weighted by molar-refractivity contribution is 14.1. The van der Waals surface area contributed by atoms with Crippen LogP contribution in [0.2, 0.25) is 0 Å². The summed E-state index contributed by atoms with van der Waals surface area (Å²) in [6.07, 6.45) is 3.40. The van der Waals surface area contributed by atoms with Crippen molar-refractivity contribution in [2.45, 2.75) is 0 Å². The highest BCUT2D eigenvalue weighted by atomic mass is 127. The average Bonchev–Trinajstić information content (AvgIpc) is 2.45. The summed E-state index contributed by atoms with van der Waals surface area (Å²) in [5.41, 5.74) is 1.68. The van der Waals surface area contributed by atoms with Crippen molar-refractivity contribution in [2.75, 3.05) is 7.11 Å². The van der Waals surface area contributed by atoms with E-state index in [0.29, 0.717) is 5.56 Å². The molecule has 0 aliphatic carbocycles. The Labute approximate surface area is 126 Å². The summed E-state index contributed by atoms with van der Waals surface area (Å²) in [4.78, 5) is 12.0. The Morgan fingerprint density at radius 1 is 1.16 bits per heavy atom. The van der Waals surface area contributed by atoms with Crippen LogP contribution in [0.1, 0.15) is 15.9 Å². The van der Waals surface area contributed by atoms with E-state index >= 15 is 0 Å². The number of carbonyl (C=O) groups is 1. The Kier molecular flexibility index (Phi) is 4.74. The van der Waals surface area contributed by atoms with Crippen molar-refractivity contribution >= 4 is 34.5 Å². The van der Waals surface area contributed by atoms with Crippen LogP contribution in [0.15, 0.2) is 54.6 Å². The van der Waals surface area contributed by atoms with Crippen molar-refractivity contribution in [3.8, 4) is 5.75 Å². The van der Waals surface area contributed by atoms with E-state index in [1.165, 1.54) is 0 Å². The highest BCUT2D eigenvalue weighted by Crippen LogP contribution is 2.13. The first-order valence-corrected chi connectivity index (χ1v) is 6.89. The van der Waals surface area contributed by atoms with Crippen molar-refractivity contribution in [1.82, 2.24) is 0 Å². The molecule has 0 radical (unpaired) electrons. The third-order valence-corrected chi connectivity index (χ3v) is 3.32. The largest absolute Gasteiger partial charge is 0.497 e. The number of ether oxygens (including phenoxy) is 1. The molecule has 0 heterocycles. The first-order valence-electron chi connectivity index (χ1n) is 5.81. The molecule has 2 aromatic carbocycles. The van der Waals surface area contributed by atoms with Crippen LogP contribution in [0.4, 0.5) is 0 Å². The first kappa shape index (κ1) is 13.8. The molecule has 0 unspecified atom stereocenters. The number of halogens is 1. The highest BCUT2D eigenvalue weighted by Gasteiger charge is 2.01. The minimum absolute atomic E-state index is 0.00864. The van der Waals surface area contributed by atoms with Gasteiger partial charge in [0.15, 0.2) is 5.78 Å². The summed E-state index contributed by atoms with van der Waals surface area (Å²) in [7, 11) is 1.63. The molecule has 0 aliphatic rings. The van der Waals surface area contributed by atoms with Gasteiger partial charge in [0.2, 0.25) is 0 Å². The van der Waals surface area contributed by atoms with Crippen LogP contribution in [-0.2, 0) is 0 Å². The van der Waals surface area contributed by atoms with E-state index in [1.807, 2.05) is 54.6 Å². The second-order valence-corrected chi connectivity index (χ2v) is 5.23. The van der Waals surface area contributed by atoms with Crippen LogP contribution >= 0.6 is 22.6 Å². The number of hydrogen-bond acceptors (Lipinski definition) is 2. The van der Waals surface area contributed by atoms with Gasteiger partial charge in [-0.3, -0.25) is 4.79 Å². The van der Waals surface area contributed by atoms with E-state index in [9.17, 15) is 4.79 Å². The molecule has 2 rings (SSSR count). The smallest absolute Gasteiger partial charge is 0.185 e. The van der Waals surface area contributed by atoms with Crippen molar-refractivity contribution in [2.24, 2.45) is 0 Å². The van der Waals surface area contributed by atoms with Gasteiger partial charge >= 0.3 is 0 Å². The van der Waals surface area contributed by atoms with Crippen molar-refractivity contribution in [1.29, 1.82) is 0 Å². The van der Waals surface area contributed by atoms with Crippen LogP contribution in [0.25, 0.3) is 6.08 Å². The third kappa shape index (κ3) is 3.92. The molecule has 0 fully saturated rings. The van der Waals surface area contributed by atoms with Crippen LogP contribution in [0, 0.1) is 3.57 Å². The van der Waals surface area contributed by atoms with Gasteiger partial charge < -0.3 is 4.74 Å². The molecule has 0 N–H and O–H groups in total. The molecule has 0 atom stereocenters. The minimum atomic E-state index is 0.00864. The molecule has 0 saturated carbocycles. The summed E-state index contributed by atoms with van der Waals surface area (Å²) in [6, 6.07) is 15.1. The lowest BCUT2D eigenvalue weighted by atomic mass is 10.1. The summed E-state index contributed by atoms with van der Waals surface area (Å²) in [5.74, 6) is 0.815. The molecule has 2 nitrogen and oxygen atoms in total. The number of ketones is 1. The lowest BCUT2D eigenvalue weighted by Gasteiger charge is -1.99. The third-order valence-electron chi connectivity index (χ3n) is 2.65. The van der Waals surface area contributed by atoms with Gasteiger partial charge in [-0.05, 0) is 58.5 Å². The van der Waals surface area contributed by atoms with Gasteiger partial charge in [-0.25, -0.2) is 0 Å². The maximum atomic E-state index is 12.0. The molecule has 0 aromatic heterocycles. The number of hydrogen-bond donors (Lipinski definition) is 0. The van der Waals surface area contributed by atoms with Crippen molar-refractivity contribution in [3.05, 3.63) is 69.3 Å². The van der Waals surface area contributed by atoms with Gasteiger partial charge in [-0.15, -0.1) is 0 Å². The Hall–Kier alpha value is -1.62. The van der Waals surface area contributed by atoms with E-state index in [0.717, 1.165) is 14.9 Å². The summed E-state index contributed by atoms with van der Waals surface area (Å²) < 4.78 is 6.14. The van der Waals surface area contributed by atoms with Gasteiger partial charge in [-0.1, -0.05) is 30.3 Å². The van der Waals surface area contributed by atoms with Gasteiger partial charge in [0.05, 0.1) is 7.11 Å². The molecule has 0 aliphatic heterocycles. The van der Waals surface area contributed by atoms with E-state index in [2.05, 4.69) is 22.6 Å². The van der Waals surface area contributed by atoms with E-state index in [1.54, 1.807) is 13.2 Å². The predicted octanol–water partition coefficient (Wildman–Crippen LogP) is 4.20. The lowest BCUT2D eigenvalue weighted by molar-refractivity contribution is 0.104. The molecular formula is C16H13IO2.